The molecular weight excluding hydrogens is 210 g/mol. The Morgan fingerprint density at radius 3 is 2.18 bits per heavy atom. The summed E-state index contributed by atoms with van der Waals surface area (Å²) in [6.45, 7) is 9.69. The van der Waals surface area contributed by atoms with Gasteiger partial charge in [-0.15, -0.1) is 0 Å². The number of fused-ring (bicyclic) bond motifs is 1. The van der Waals surface area contributed by atoms with Crippen LogP contribution in [0, 0.1) is 11.3 Å². The van der Waals surface area contributed by atoms with E-state index in [-0.39, 0.29) is 0 Å². The Balaban J connectivity index is 2.48. The second-order valence-corrected chi connectivity index (χ2v) is 5.08. The lowest BCUT2D eigenvalue weighted by Crippen LogP contribution is -2.38. The van der Waals surface area contributed by atoms with E-state index in [1.165, 1.54) is 11.4 Å². The summed E-state index contributed by atoms with van der Waals surface area (Å²) in [5.74, 6) is 0. The van der Waals surface area contributed by atoms with Gasteiger partial charge >= 0.3 is 0 Å². The molecule has 0 unspecified atom stereocenters. The summed E-state index contributed by atoms with van der Waals surface area (Å²) in [7, 11) is 0. The monoisotopic (exact) mass is 229 g/mol. The molecule has 0 saturated heterocycles. The Kier molecular flexibility index (Phi) is 2.97. The van der Waals surface area contributed by atoms with Gasteiger partial charge in [0.2, 0.25) is 0 Å². The van der Waals surface area contributed by atoms with Gasteiger partial charge in [0.1, 0.15) is 0 Å². The second-order valence-electron chi connectivity index (χ2n) is 5.08. The minimum absolute atomic E-state index is 0.450. The lowest BCUT2D eigenvalue weighted by atomic mass is 10.1. The third-order valence-electron chi connectivity index (χ3n) is 3.27. The van der Waals surface area contributed by atoms with Crippen LogP contribution in [-0.4, -0.2) is 18.8 Å². The van der Waals surface area contributed by atoms with Gasteiger partial charge < -0.3 is 9.80 Å². The van der Waals surface area contributed by atoms with Crippen molar-refractivity contribution < 1.29 is 0 Å². The molecule has 17 heavy (non-hydrogen) atoms. The van der Waals surface area contributed by atoms with Crippen LogP contribution in [0.15, 0.2) is 18.2 Å². The smallest absolute Gasteiger partial charge is 0.0992 e. The average Bonchev–Trinajstić information content (AvgIpc) is 2.67. The molecule has 1 heterocycles. The molecule has 1 aromatic rings. The fraction of sp³-hybridized carbons (Fsp3) is 0.500. The lowest BCUT2D eigenvalue weighted by molar-refractivity contribution is 0.641. The summed E-state index contributed by atoms with van der Waals surface area (Å²) in [6.07, 6.45) is 0. The molecule has 0 aliphatic carbocycles. The van der Waals surface area contributed by atoms with Crippen molar-refractivity contribution in [2.45, 2.75) is 39.8 Å². The maximum absolute atomic E-state index is 8.99. The van der Waals surface area contributed by atoms with Gasteiger partial charge in [0.15, 0.2) is 0 Å². The van der Waals surface area contributed by atoms with Crippen LogP contribution in [0.4, 0.5) is 11.4 Å². The number of nitrogens with zero attached hydrogens (tertiary/aromatic N) is 3. The number of hydrogen-bond donors (Lipinski definition) is 0. The van der Waals surface area contributed by atoms with Gasteiger partial charge in [-0.3, -0.25) is 0 Å². The van der Waals surface area contributed by atoms with Crippen molar-refractivity contribution in [2.24, 2.45) is 0 Å². The average molecular weight is 229 g/mol. The van der Waals surface area contributed by atoms with E-state index in [1.807, 2.05) is 12.1 Å². The highest BCUT2D eigenvalue weighted by atomic mass is 15.4. The summed E-state index contributed by atoms with van der Waals surface area (Å²) in [5.41, 5.74) is 3.17. The first-order valence-electron chi connectivity index (χ1n) is 6.12. The van der Waals surface area contributed by atoms with E-state index in [0.717, 1.165) is 12.2 Å². The molecule has 3 nitrogen and oxygen atoms in total. The molecule has 1 aliphatic heterocycles. The summed E-state index contributed by atoms with van der Waals surface area (Å²) in [5, 5.41) is 8.99. The molecule has 0 bridgehead atoms. The number of benzene rings is 1. The second kappa shape index (κ2) is 4.29. The SMILES string of the molecule is CC(C)N1CN(C(C)C)c2cc(C#N)ccc21. The van der Waals surface area contributed by atoms with Gasteiger partial charge in [-0.2, -0.15) is 5.26 Å². The van der Waals surface area contributed by atoms with Gasteiger partial charge in [-0.25, -0.2) is 0 Å². The quantitative estimate of drug-likeness (QED) is 0.781. The van der Waals surface area contributed by atoms with Crippen LogP contribution in [0.5, 0.6) is 0 Å². The molecule has 0 spiro atoms. The molecule has 3 heteroatoms. The summed E-state index contributed by atoms with van der Waals surface area (Å²) >= 11 is 0. The maximum Gasteiger partial charge on any atom is 0.0992 e. The van der Waals surface area contributed by atoms with E-state index in [2.05, 4.69) is 49.6 Å². The normalized spacial score (nSPS) is 14.4. The number of anilines is 2. The number of hydrogen-bond acceptors (Lipinski definition) is 3. The Labute approximate surface area is 103 Å². The molecule has 2 rings (SSSR count). The van der Waals surface area contributed by atoms with Crippen molar-refractivity contribution in [3.05, 3.63) is 23.8 Å². The van der Waals surface area contributed by atoms with E-state index in [0.29, 0.717) is 12.1 Å². The molecule has 0 radical (unpaired) electrons. The largest absolute Gasteiger partial charge is 0.350 e. The zero-order valence-corrected chi connectivity index (χ0v) is 10.9. The predicted octanol–water partition coefficient (Wildman–Crippen LogP) is 2.96. The van der Waals surface area contributed by atoms with Crippen LogP contribution in [-0.2, 0) is 0 Å². The van der Waals surface area contributed by atoms with Crippen molar-refractivity contribution in [1.29, 1.82) is 5.26 Å². The molecular formula is C14H19N3. The van der Waals surface area contributed by atoms with Crippen LogP contribution < -0.4 is 9.80 Å². The van der Waals surface area contributed by atoms with E-state index in [9.17, 15) is 0 Å². The topological polar surface area (TPSA) is 30.3 Å². The fourth-order valence-electron chi connectivity index (χ4n) is 2.27. The molecule has 0 amide bonds. The molecule has 1 aromatic carbocycles. The van der Waals surface area contributed by atoms with Crippen molar-refractivity contribution in [1.82, 2.24) is 0 Å². The standard InChI is InChI=1S/C14H19N3/c1-10(2)16-9-17(11(3)4)14-7-12(8-15)5-6-13(14)16/h5-7,10-11H,9H2,1-4H3. The van der Waals surface area contributed by atoms with Crippen molar-refractivity contribution in [3.8, 4) is 6.07 Å². The summed E-state index contributed by atoms with van der Waals surface area (Å²) in [6, 6.07) is 9.11. The predicted molar refractivity (Wildman–Crippen MR) is 71.3 cm³/mol. The third kappa shape index (κ3) is 1.95. The Bertz CT molecular complexity index is 457. The zero-order chi connectivity index (χ0) is 12.6. The molecule has 0 atom stereocenters. The van der Waals surface area contributed by atoms with E-state index in [1.54, 1.807) is 0 Å². The van der Waals surface area contributed by atoms with Crippen LogP contribution in [0.1, 0.15) is 33.3 Å². The van der Waals surface area contributed by atoms with E-state index >= 15 is 0 Å². The van der Waals surface area contributed by atoms with E-state index in [4.69, 9.17) is 5.26 Å². The van der Waals surface area contributed by atoms with Gasteiger partial charge in [0, 0.05) is 12.1 Å². The molecule has 0 fully saturated rings. The Morgan fingerprint density at radius 1 is 1.06 bits per heavy atom. The lowest BCUT2D eigenvalue weighted by Gasteiger charge is -2.27. The Morgan fingerprint density at radius 2 is 1.65 bits per heavy atom. The van der Waals surface area contributed by atoms with Gasteiger partial charge in [-0.05, 0) is 45.9 Å². The fourth-order valence-corrected chi connectivity index (χ4v) is 2.27. The van der Waals surface area contributed by atoms with Gasteiger partial charge in [0.25, 0.3) is 0 Å². The number of rotatable bonds is 2. The van der Waals surface area contributed by atoms with Crippen molar-refractivity contribution in [3.63, 3.8) is 0 Å². The van der Waals surface area contributed by atoms with Gasteiger partial charge in [-0.1, -0.05) is 0 Å². The summed E-state index contributed by atoms with van der Waals surface area (Å²) in [4.78, 5) is 4.71. The highest BCUT2D eigenvalue weighted by Gasteiger charge is 2.28. The van der Waals surface area contributed by atoms with Crippen LogP contribution in [0.25, 0.3) is 0 Å². The number of nitriles is 1. The first kappa shape index (κ1) is 11.8. The highest BCUT2D eigenvalue weighted by Crippen LogP contribution is 2.38. The molecule has 0 N–H and O–H groups in total. The van der Waals surface area contributed by atoms with E-state index < -0.39 is 0 Å². The molecule has 90 valence electrons. The third-order valence-corrected chi connectivity index (χ3v) is 3.27. The van der Waals surface area contributed by atoms with Gasteiger partial charge in [0.05, 0.1) is 29.7 Å². The zero-order valence-electron chi connectivity index (χ0n) is 10.9. The molecule has 0 aromatic heterocycles. The first-order chi connectivity index (χ1) is 8.04. The van der Waals surface area contributed by atoms with Crippen molar-refractivity contribution >= 4 is 11.4 Å². The van der Waals surface area contributed by atoms with Crippen LogP contribution >= 0.6 is 0 Å². The first-order valence-corrected chi connectivity index (χ1v) is 6.12. The van der Waals surface area contributed by atoms with Crippen molar-refractivity contribution in [2.75, 3.05) is 16.5 Å². The maximum atomic E-state index is 8.99. The minimum Gasteiger partial charge on any atom is -0.350 e. The molecule has 0 saturated carbocycles. The van der Waals surface area contributed by atoms with Crippen LogP contribution in [0.3, 0.4) is 0 Å². The Hall–Kier alpha value is -1.69. The highest BCUT2D eigenvalue weighted by molar-refractivity contribution is 5.78. The minimum atomic E-state index is 0.450. The van der Waals surface area contributed by atoms with Crippen LogP contribution in [0.2, 0.25) is 0 Å². The molecule has 1 aliphatic rings. The summed E-state index contributed by atoms with van der Waals surface area (Å²) < 4.78 is 0.